The highest BCUT2D eigenvalue weighted by Gasteiger charge is 2.46. The van der Waals surface area contributed by atoms with Crippen LogP contribution in [-0.2, 0) is 38.7 Å². The highest BCUT2D eigenvalue weighted by atomic mass is 32.2. The summed E-state index contributed by atoms with van der Waals surface area (Å²) in [5.41, 5.74) is 0. The Morgan fingerprint density at radius 3 is 1.42 bits per heavy atom. The van der Waals surface area contributed by atoms with Crippen LogP contribution in [0.15, 0.2) is 36.5 Å². The molecular formula is C51H92O12S. The van der Waals surface area contributed by atoms with Crippen LogP contribution < -0.4 is 0 Å². The molecule has 0 aromatic rings. The summed E-state index contributed by atoms with van der Waals surface area (Å²) in [7, 11) is -4.61. The second-order valence-electron chi connectivity index (χ2n) is 17.8. The first-order valence-corrected chi connectivity index (χ1v) is 27.2. The van der Waals surface area contributed by atoms with Crippen LogP contribution in [-0.4, -0.2) is 96.0 Å². The van der Waals surface area contributed by atoms with Gasteiger partial charge in [-0.3, -0.25) is 14.1 Å². The molecule has 12 nitrogen and oxygen atoms in total. The van der Waals surface area contributed by atoms with Gasteiger partial charge in [-0.15, -0.1) is 0 Å². The fraction of sp³-hybridized carbons (Fsp3) is 0.843. The summed E-state index contributed by atoms with van der Waals surface area (Å²) in [6.07, 6.45) is 39.1. The molecule has 13 heteroatoms. The standard InChI is InChI=1S/C51H92O12S/c1-3-5-7-9-11-13-15-17-19-20-21-22-23-24-26-27-29-31-33-35-37-39-46(52)60-41-44(42-61-51-50(56)49(55)48(54)45(63-51)43-64(57,58)59)62-47(53)40-38-36-34-32-30-28-25-18-16-14-12-10-8-6-4-2/h17-19,25,30,32,44-45,48-51,54-56H,3-16,20-24,26-29,31,33-43H2,1-2H3,(H,57,58,59)/b19-17+,25-18+,32-30+/t44-,45-,48-,49?,50?,51+/m1/s1. The number of allylic oxidation sites excluding steroid dienone is 6. The Morgan fingerprint density at radius 2 is 0.938 bits per heavy atom. The molecule has 0 bridgehead atoms. The maximum atomic E-state index is 12.8. The lowest BCUT2D eigenvalue weighted by Gasteiger charge is -2.40. The van der Waals surface area contributed by atoms with Crippen LogP contribution in [0.4, 0.5) is 0 Å². The van der Waals surface area contributed by atoms with Crippen LogP contribution in [0.5, 0.6) is 0 Å². The van der Waals surface area contributed by atoms with E-state index in [9.17, 15) is 37.9 Å². The quantitative estimate of drug-likeness (QED) is 0.0196. The third kappa shape index (κ3) is 35.1. The topological polar surface area (TPSA) is 186 Å². The fourth-order valence-electron chi connectivity index (χ4n) is 7.70. The van der Waals surface area contributed by atoms with Gasteiger partial charge in [-0.2, -0.15) is 8.42 Å². The van der Waals surface area contributed by atoms with Crippen LogP contribution in [0.3, 0.4) is 0 Å². The SMILES string of the molecule is CCCCCCCC/C=C/C/C=C/CCCCC(=O)O[C@H](COC(=O)CCCCCCCCCCCCC/C=C/CCCCCCCC)CO[C@H]1O[C@H](CS(=O)(=O)O)[C@@H](O)C(O)C1O. The van der Waals surface area contributed by atoms with E-state index < -0.39 is 71.2 Å². The molecule has 0 saturated carbocycles. The zero-order valence-electron chi connectivity index (χ0n) is 40.1. The molecule has 4 N–H and O–H groups in total. The number of rotatable bonds is 43. The van der Waals surface area contributed by atoms with Crippen LogP contribution in [0.1, 0.15) is 219 Å². The van der Waals surface area contributed by atoms with Gasteiger partial charge in [0.05, 0.1) is 6.61 Å². The third-order valence-electron chi connectivity index (χ3n) is 11.7. The van der Waals surface area contributed by atoms with E-state index >= 15 is 0 Å². The first-order chi connectivity index (χ1) is 31.0. The summed E-state index contributed by atoms with van der Waals surface area (Å²) < 4.78 is 54.2. The number of hydrogen-bond acceptors (Lipinski definition) is 11. The van der Waals surface area contributed by atoms with Crippen molar-refractivity contribution in [2.75, 3.05) is 19.0 Å². The Bertz CT molecular complexity index is 1320. The van der Waals surface area contributed by atoms with Crippen molar-refractivity contribution < 1.29 is 56.8 Å². The summed E-state index contributed by atoms with van der Waals surface area (Å²) in [5.74, 6) is -2.02. The molecule has 1 aliphatic heterocycles. The van der Waals surface area contributed by atoms with Gasteiger partial charge in [-0.05, 0) is 70.6 Å². The van der Waals surface area contributed by atoms with Gasteiger partial charge in [0, 0.05) is 12.8 Å². The summed E-state index contributed by atoms with van der Waals surface area (Å²) in [4.78, 5) is 25.5. The predicted octanol–water partition coefficient (Wildman–Crippen LogP) is 11.3. The van der Waals surface area contributed by atoms with Crippen LogP contribution in [0.2, 0.25) is 0 Å². The lowest BCUT2D eigenvalue weighted by atomic mass is 10.00. The van der Waals surface area contributed by atoms with E-state index in [0.717, 1.165) is 44.9 Å². The molecule has 0 aromatic carbocycles. The van der Waals surface area contributed by atoms with Crippen LogP contribution >= 0.6 is 0 Å². The van der Waals surface area contributed by atoms with E-state index in [0.29, 0.717) is 12.8 Å². The number of hydrogen-bond donors (Lipinski definition) is 4. The Morgan fingerprint density at radius 1 is 0.531 bits per heavy atom. The number of aliphatic hydroxyl groups excluding tert-OH is 3. The number of ether oxygens (including phenoxy) is 4. The molecule has 1 saturated heterocycles. The van der Waals surface area contributed by atoms with Gasteiger partial charge in [0.15, 0.2) is 12.4 Å². The van der Waals surface area contributed by atoms with E-state index in [1.807, 2.05) is 0 Å². The molecule has 1 heterocycles. The Kier molecular flexibility index (Phi) is 38.4. The van der Waals surface area contributed by atoms with Crippen molar-refractivity contribution in [3.63, 3.8) is 0 Å². The van der Waals surface area contributed by atoms with Crippen molar-refractivity contribution in [3.05, 3.63) is 36.5 Å². The minimum absolute atomic E-state index is 0.123. The van der Waals surface area contributed by atoms with Crippen molar-refractivity contribution in [3.8, 4) is 0 Å². The van der Waals surface area contributed by atoms with Crippen molar-refractivity contribution in [2.24, 2.45) is 0 Å². The van der Waals surface area contributed by atoms with Gasteiger partial charge in [0.1, 0.15) is 36.8 Å². The van der Waals surface area contributed by atoms with E-state index in [2.05, 4.69) is 50.3 Å². The molecule has 6 atom stereocenters. The van der Waals surface area contributed by atoms with Crippen LogP contribution in [0.25, 0.3) is 0 Å². The van der Waals surface area contributed by atoms with Gasteiger partial charge in [-0.25, -0.2) is 0 Å². The van der Waals surface area contributed by atoms with Gasteiger partial charge in [0.2, 0.25) is 0 Å². The predicted molar refractivity (Wildman–Crippen MR) is 256 cm³/mol. The minimum Gasteiger partial charge on any atom is -0.462 e. The second-order valence-corrected chi connectivity index (χ2v) is 19.3. The average Bonchev–Trinajstić information content (AvgIpc) is 3.26. The molecule has 1 fully saturated rings. The summed E-state index contributed by atoms with van der Waals surface area (Å²) in [6, 6.07) is 0. The zero-order chi connectivity index (χ0) is 46.9. The molecule has 2 unspecified atom stereocenters. The molecule has 0 aliphatic carbocycles. The van der Waals surface area contributed by atoms with Gasteiger partial charge in [0.25, 0.3) is 10.1 Å². The maximum Gasteiger partial charge on any atom is 0.306 e. The first-order valence-electron chi connectivity index (χ1n) is 25.5. The molecule has 1 rings (SSSR count). The molecular weight excluding hydrogens is 837 g/mol. The van der Waals surface area contributed by atoms with Crippen LogP contribution in [0, 0.1) is 0 Å². The normalized spacial score (nSPS) is 19.9. The van der Waals surface area contributed by atoms with Crippen molar-refractivity contribution in [1.82, 2.24) is 0 Å². The molecule has 1 aliphatic rings. The largest absolute Gasteiger partial charge is 0.462 e. The van der Waals surface area contributed by atoms with E-state index in [-0.39, 0.29) is 19.4 Å². The number of carbonyl (C=O) groups excluding carboxylic acids is 2. The Labute approximate surface area is 389 Å². The van der Waals surface area contributed by atoms with Gasteiger partial charge in [-0.1, -0.05) is 172 Å². The molecule has 0 radical (unpaired) electrons. The van der Waals surface area contributed by atoms with E-state index in [4.69, 9.17) is 18.9 Å². The summed E-state index contributed by atoms with van der Waals surface area (Å²) >= 11 is 0. The third-order valence-corrected chi connectivity index (χ3v) is 12.4. The molecule has 374 valence electrons. The highest BCUT2D eigenvalue weighted by molar-refractivity contribution is 7.85. The minimum atomic E-state index is -4.61. The smallest absolute Gasteiger partial charge is 0.306 e. The van der Waals surface area contributed by atoms with Crippen molar-refractivity contribution >= 4 is 22.1 Å². The molecule has 0 amide bonds. The lowest BCUT2D eigenvalue weighted by Crippen LogP contribution is -2.60. The Hall–Kier alpha value is -2.13. The second kappa shape index (κ2) is 41.1. The van der Waals surface area contributed by atoms with Gasteiger partial charge >= 0.3 is 11.9 Å². The highest BCUT2D eigenvalue weighted by Crippen LogP contribution is 2.24. The summed E-state index contributed by atoms with van der Waals surface area (Å²) in [5, 5.41) is 30.9. The first kappa shape index (κ1) is 59.9. The molecule has 64 heavy (non-hydrogen) atoms. The number of carbonyl (C=O) groups is 2. The Balaban J connectivity index is 2.38. The van der Waals surface area contributed by atoms with Crippen molar-refractivity contribution in [2.45, 2.75) is 256 Å². The fourth-order valence-corrected chi connectivity index (χ4v) is 8.39. The average molecular weight is 929 g/mol. The number of esters is 2. The van der Waals surface area contributed by atoms with Crippen molar-refractivity contribution in [1.29, 1.82) is 0 Å². The molecule has 0 spiro atoms. The number of unbranched alkanes of at least 4 members (excludes halogenated alkanes) is 25. The monoisotopic (exact) mass is 929 g/mol. The lowest BCUT2D eigenvalue weighted by molar-refractivity contribution is -0.297. The van der Waals surface area contributed by atoms with E-state index in [1.54, 1.807) is 0 Å². The van der Waals surface area contributed by atoms with Gasteiger partial charge < -0.3 is 34.3 Å². The molecule has 0 aromatic heterocycles. The zero-order valence-corrected chi connectivity index (χ0v) is 41.0. The summed E-state index contributed by atoms with van der Waals surface area (Å²) in [6.45, 7) is 3.74. The maximum absolute atomic E-state index is 12.8. The van der Waals surface area contributed by atoms with E-state index in [1.165, 1.54) is 135 Å². The number of aliphatic hydroxyl groups is 3.